The number of hydrogen-bond donors (Lipinski definition) is 1. The van der Waals surface area contributed by atoms with Gasteiger partial charge in [-0.25, -0.2) is 0 Å². The predicted octanol–water partition coefficient (Wildman–Crippen LogP) is 3.88. The molecule has 0 aromatic heterocycles. The summed E-state index contributed by atoms with van der Waals surface area (Å²) in [5.41, 5.74) is 6.68. The van der Waals surface area contributed by atoms with Crippen LogP contribution in [0.15, 0.2) is 18.2 Å². The molecule has 0 bridgehead atoms. The maximum absolute atomic E-state index is 6.01. The van der Waals surface area contributed by atoms with Gasteiger partial charge in [-0.2, -0.15) is 0 Å². The summed E-state index contributed by atoms with van der Waals surface area (Å²) in [7, 11) is 0. The third-order valence-electron chi connectivity index (χ3n) is 2.75. The molecule has 0 aliphatic heterocycles. The zero-order valence-corrected chi connectivity index (χ0v) is 12.9. The second-order valence-corrected chi connectivity index (χ2v) is 5.87. The fraction of sp³-hybridized carbons (Fsp3) is 0.462. The van der Waals surface area contributed by atoms with E-state index in [-0.39, 0.29) is 0 Å². The first-order valence-corrected chi connectivity index (χ1v) is 7.03. The summed E-state index contributed by atoms with van der Waals surface area (Å²) in [5, 5.41) is 1.17. The first kappa shape index (κ1) is 15.7. The summed E-state index contributed by atoms with van der Waals surface area (Å²) >= 11 is 16.8. The highest BCUT2D eigenvalue weighted by Crippen LogP contribution is 2.23. The Hall–Kier alpha value is -0.350. The van der Waals surface area contributed by atoms with E-state index in [9.17, 15) is 0 Å². The minimum absolute atomic E-state index is 0.425. The van der Waals surface area contributed by atoms with Crippen molar-refractivity contribution in [3.8, 4) is 0 Å². The zero-order chi connectivity index (χ0) is 13.7. The lowest BCUT2D eigenvalue weighted by Gasteiger charge is -2.26. The van der Waals surface area contributed by atoms with E-state index in [1.807, 2.05) is 18.2 Å². The largest absolute Gasteiger partial charge is 0.393 e. The van der Waals surface area contributed by atoms with E-state index in [0.717, 1.165) is 25.1 Å². The summed E-state index contributed by atoms with van der Waals surface area (Å²) < 4.78 is 0. The molecule has 0 spiro atoms. The molecule has 5 heteroatoms. The highest BCUT2D eigenvalue weighted by molar-refractivity contribution is 7.80. The molecule has 0 aliphatic rings. The summed E-state index contributed by atoms with van der Waals surface area (Å²) in [4.78, 5) is 2.86. The minimum Gasteiger partial charge on any atom is -0.393 e. The van der Waals surface area contributed by atoms with Crippen molar-refractivity contribution in [1.82, 2.24) is 4.90 Å². The molecule has 1 aromatic rings. The highest BCUT2D eigenvalue weighted by atomic mass is 35.5. The Bertz CT molecular complexity index is 421. The van der Waals surface area contributed by atoms with Crippen molar-refractivity contribution >= 4 is 40.4 Å². The Kier molecular flexibility index (Phi) is 6.36. The number of rotatable bonds is 6. The van der Waals surface area contributed by atoms with Gasteiger partial charge in [-0.1, -0.05) is 41.5 Å². The molecule has 0 aliphatic carbocycles. The third-order valence-corrected chi connectivity index (χ3v) is 3.69. The van der Waals surface area contributed by atoms with Gasteiger partial charge in [0.2, 0.25) is 0 Å². The zero-order valence-electron chi connectivity index (χ0n) is 10.6. The molecule has 1 rings (SSSR count). The Morgan fingerprint density at radius 2 is 2.00 bits per heavy atom. The van der Waals surface area contributed by atoms with Gasteiger partial charge in [-0.15, -0.1) is 0 Å². The normalized spacial score (nSPS) is 11.2. The first-order chi connectivity index (χ1) is 8.40. The van der Waals surface area contributed by atoms with Crippen molar-refractivity contribution in [2.45, 2.75) is 32.9 Å². The van der Waals surface area contributed by atoms with E-state index in [1.54, 1.807) is 0 Å². The van der Waals surface area contributed by atoms with Crippen molar-refractivity contribution in [3.05, 3.63) is 33.8 Å². The van der Waals surface area contributed by atoms with Crippen molar-refractivity contribution in [3.63, 3.8) is 0 Å². The molecule has 0 fully saturated rings. The number of halogens is 2. The van der Waals surface area contributed by atoms with Crippen molar-refractivity contribution in [2.24, 2.45) is 5.73 Å². The quantitative estimate of drug-likeness (QED) is 0.809. The number of hydrogen-bond acceptors (Lipinski definition) is 2. The molecular formula is C13H18Cl2N2S. The molecule has 0 atom stereocenters. The topological polar surface area (TPSA) is 29.3 Å². The van der Waals surface area contributed by atoms with Crippen LogP contribution in [0, 0.1) is 0 Å². The molecule has 0 radical (unpaired) electrons. The molecule has 0 unspecified atom stereocenters. The van der Waals surface area contributed by atoms with Crippen molar-refractivity contribution in [1.29, 1.82) is 0 Å². The van der Waals surface area contributed by atoms with Crippen LogP contribution in [-0.2, 0) is 6.54 Å². The molecule has 2 N–H and O–H groups in total. The van der Waals surface area contributed by atoms with Crippen LogP contribution >= 0.6 is 35.4 Å². The van der Waals surface area contributed by atoms with Crippen LogP contribution in [-0.4, -0.2) is 22.5 Å². The molecule has 100 valence electrons. The Morgan fingerprint density at radius 1 is 1.33 bits per heavy atom. The molecule has 18 heavy (non-hydrogen) atoms. The monoisotopic (exact) mass is 304 g/mol. The van der Waals surface area contributed by atoms with Crippen LogP contribution in [0.1, 0.15) is 25.8 Å². The number of thiocarbonyl (C=S) groups is 1. The van der Waals surface area contributed by atoms with Crippen LogP contribution in [0.5, 0.6) is 0 Å². The van der Waals surface area contributed by atoms with E-state index in [4.69, 9.17) is 41.2 Å². The molecule has 0 saturated carbocycles. The molecule has 1 aromatic carbocycles. The molecular weight excluding hydrogens is 287 g/mol. The molecule has 0 amide bonds. The highest BCUT2D eigenvalue weighted by Gasteiger charge is 2.11. The van der Waals surface area contributed by atoms with Gasteiger partial charge in [-0.3, -0.25) is 4.90 Å². The van der Waals surface area contributed by atoms with E-state index < -0.39 is 0 Å². The number of nitrogens with two attached hydrogens (primary N) is 1. The SMILES string of the molecule is CC(C)N(CCC(N)=S)Cc1ccc(Cl)c(Cl)c1. The Morgan fingerprint density at radius 3 is 2.50 bits per heavy atom. The summed E-state index contributed by atoms with van der Waals surface area (Å²) in [6.45, 7) is 5.97. The van der Waals surface area contributed by atoms with E-state index in [2.05, 4.69) is 18.7 Å². The van der Waals surface area contributed by atoms with Gasteiger partial charge in [-0.05, 0) is 31.5 Å². The number of nitrogens with zero attached hydrogens (tertiary/aromatic N) is 1. The van der Waals surface area contributed by atoms with Gasteiger partial charge >= 0.3 is 0 Å². The van der Waals surface area contributed by atoms with Crippen LogP contribution in [0.4, 0.5) is 0 Å². The second-order valence-electron chi connectivity index (χ2n) is 4.53. The lowest BCUT2D eigenvalue weighted by molar-refractivity contribution is 0.219. The van der Waals surface area contributed by atoms with Crippen LogP contribution in [0.25, 0.3) is 0 Å². The summed E-state index contributed by atoms with van der Waals surface area (Å²) in [5.74, 6) is 0. The molecule has 0 saturated heterocycles. The van der Waals surface area contributed by atoms with E-state index in [0.29, 0.717) is 21.1 Å². The van der Waals surface area contributed by atoms with Gasteiger partial charge in [0.25, 0.3) is 0 Å². The van der Waals surface area contributed by atoms with Crippen molar-refractivity contribution < 1.29 is 0 Å². The molecule has 2 nitrogen and oxygen atoms in total. The minimum atomic E-state index is 0.425. The summed E-state index contributed by atoms with van der Waals surface area (Å²) in [6, 6.07) is 6.14. The summed E-state index contributed by atoms with van der Waals surface area (Å²) in [6.07, 6.45) is 0.731. The number of benzene rings is 1. The van der Waals surface area contributed by atoms with E-state index in [1.165, 1.54) is 0 Å². The van der Waals surface area contributed by atoms with Crippen LogP contribution in [0.2, 0.25) is 10.0 Å². The maximum Gasteiger partial charge on any atom is 0.0740 e. The first-order valence-electron chi connectivity index (χ1n) is 5.86. The standard InChI is InChI=1S/C13H18Cl2N2S/c1-9(2)17(6-5-13(16)18)8-10-3-4-11(14)12(15)7-10/h3-4,7,9H,5-6,8H2,1-2H3,(H2,16,18). The van der Waals surface area contributed by atoms with Gasteiger partial charge < -0.3 is 5.73 Å². The smallest absolute Gasteiger partial charge is 0.0740 e. The van der Waals surface area contributed by atoms with Crippen LogP contribution in [0.3, 0.4) is 0 Å². The average molecular weight is 305 g/mol. The van der Waals surface area contributed by atoms with Crippen LogP contribution < -0.4 is 5.73 Å². The Balaban J connectivity index is 2.70. The van der Waals surface area contributed by atoms with E-state index >= 15 is 0 Å². The maximum atomic E-state index is 6.01. The van der Waals surface area contributed by atoms with Crippen molar-refractivity contribution in [2.75, 3.05) is 6.54 Å². The van der Waals surface area contributed by atoms with Gasteiger partial charge in [0.1, 0.15) is 0 Å². The third kappa shape index (κ3) is 5.11. The lowest BCUT2D eigenvalue weighted by Crippen LogP contribution is -2.33. The van der Waals surface area contributed by atoms with Gasteiger partial charge in [0.05, 0.1) is 15.0 Å². The fourth-order valence-corrected chi connectivity index (χ4v) is 2.06. The predicted molar refractivity (Wildman–Crippen MR) is 83.4 cm³/mol. The van der Waals surface area contributed by atoms with Gasteiger partial charge in [0.15, 0.2) is 0 Å². The molecule has 0 heterocycles. The fourth-order valence-electron chi connectivity index (χ4n) is 1.65. The lowest BCUT2D eigenvalue weighted by atomic mass is 10.2. The van der Waals surface area contributed by atoms with Gasteiger partial charge in [0, 0.05) is 25.6 Å². The average Bonchev–Trinajstić information content (AvgIpc) is 2.28. The second kappa shape index (κ2) is 7.29. The Labute approximate surface area is 124 Å².